The number of carbonyl (C=O) groups excluding carboxylic acids is 1. The molecule has 1 N–H and O–H groups in total. The van der Waals surface area contributed by atoms with Crippen LogP contribution in [0.5, 0.6) is 0 Å². The van der Waals surface area contributed by atoms with Crippen LogP contribution >= 0.6 is 11.8 Å². The van der Waals surface area contributed by atoms with Crippen molar-refractivity contribution < 1.29 is 14.7 Å². The molecule has 1 aromatic rings. The molecule has 0 unspecified atom stereocenters. The highest BCUT2D eigenvalue weighted by atomic mass is 32.2. The lowest BCUT2D eigenvalue weighted by Gasteiger charge is -2.32. The summed E-state index contributed by atoms with van der Waals surface area (Å²) in [6, 6.07) is -0.328. The van der Waals surface area contributed by atoms with Gasteiger partial charge in [-0.05, 0) is 42.5 Å². The molecular formula is C12H17N5O3S. The van der Waals surface area contributed by atoms with E-state index in [2.05, 4.69) is 15.5 Å². The van der Waals surface area contributed by atoms with Crippen molar-refractivity contribution in [2.75, 3.05) is 12.3 Å². The van der Waals surface area contributed by atoms with Gasteiger partial charge in [0.15, 0.2) is 0 Å². The zero-order chi connectivity index (χ0) is 14.8. The Morgan fingerprint density at radius 3 is 2.81 bits per heavy atom. The van der Waals surface area contributed by atoms with Gasteiger partial charge in [-0.2, -0.15) is 0 Å². The fourth-order valence-corrected chi connectivity index (χ4v) is 3.36. The fraction of sp³-hybridized carbons (Fsp3) is 0.750. The first kappa shape index (κ1) is 14.3. The maximum Gasteiger partial charge on any atom is 0.326 e. The first-order valence-electron chi connectivity index (χ1n) is 7.10. The second kappa shape index (κ2) is 6.00. The van der Waals surface area contributed by atoms with Gasteiger partial charge in [-0.15, -0.1) is 5.10 Å². The summed E-state index contributed by atoms with van der Waals surface area (Å²) in [4.78, 5) is 25.0. The summed E-state index contributed by atoms with van der Waals surface area (Å²) in [5.41, 5.74) is 0. The van der Waals surface area contributed by atoms with Gasteiger partial charge in [0.2, 0.25) is 11.1 Å². The summed E-state index contributed by atoms with van der Waals surface area (Å²) < 4.78 is 1.75. The van der Waals surface area contributed by atoms with E-state index in [1.54, 1.807) is 4.68 Å². The van der Waals surface area contributed by atoms with Crippen LogP contribution in [0.2, 0.25) is 0 Å². The zero-order valence-corrected chi connectivity index (χ0v) is 12.3. The molecule has 0 radical (unpaired) electrons. The number of likely N-dealkylation sites (tertiary alicyclic amines) is 1. The van der Waals surface area contributed by atoms with Gasteiger partial charge in [0.1, 0.15) is 6.04 Å². The van der Waals surface area contributed by atoms with Gasteiger partial charge in [0.25, 0.3) is 0 Å². The number of piperidine rings is 1. The van der Waals surface area contributed by atoms with Crippen molar-refractivity contribution in [2.45, 2.75) is 49.3 Å². The van der Waals surface area contributed by atoms with Crippen molar-refractivity contribution in [3.05, 3.63) is 0 Å². The molecule has 9 heteroatoms. The fourth-order valence-electron chi connectivity index (χ4n) is 2.52. The number of carboxylic acids is 1. The second-order valence-electron chi connectivity index (χ2n) is 5.36. The number of hydrogen-bond acceptors (Lipinski definition) is 6. The summed E-state index contributed by atoms with van der Waals surface area (Å²) in [5, 5.41) is 21.3. The Balaban J connectivity index is 1.60. The van der Waals surface area contributed by atoms with Crippen LogP contribution in [0, 0.1) is 0 Å². The number of tetrazole rings is 1. The minimum absolute atomic E-state index is 0.155. The second-order valence-corrected chi connectivity index (χ2v) is 6.31. The Hall–Kier alpha value is -1.64. The van der Waals surface area contributed by atoms with E-state index in [-0.39, 0.29) is 11.7 Å². The quantitative estimate of drug-likeness (QED) is 0.793. The SMILES string of the molecule is O=C(O)[C@H]1CCCCN1C(=O)CSc1nnnn1C1CC1. The number of carbonyl (C=O) groups is 2. The van der Waals surface area contributed by atoms with Crippen LogP contribution in [-0.4, -0.2) is 60.4 Å². The number of rotatable bonds is 5. The van der Waals surface area contributed by atoms with Crippen molar-refractivity contribution >= 4 is 23.6 Å². The Labute approximate surface area is 125 Å². The van der Waals surface area contributed by atoms with Crippen LogP contribution < -0.4 is 0 Å². The number of nitrogens with zero attached hydrogens (tertiary/aromatic N) is 5. The molecule has 8 nitrogen and oxygen atoms in total. The summed E-state index contributed by atoms with van der Waals surface area (Å²) in [6.45, 7) is 0.518. The monoisotopic (exact) mass is 311 g/mol. The Bertz CT molecular complexity index is 545. The number of carboxylic acid groups (broad SMARTS) is 1. The first-order valence-corrected chi connectivity index (χ1v) is 8.08. The molecule has 1 saturated carbocycles. The largest absolute Gasteiger partial charge is 0.480 e. The molecule has 2 fully saturated rings. The third-order valence-electron chi connectivity index (χ3n) is 3.79. The smallest absolute Gasteiger partial charge is 0.326 e. The Kier molecular flexibility index (Phi) is 4.09. The third kappa shape index (κ3) is 3.17. The topological polar surface area (TPSA) is 101 Å². The molecule has 3 rings (SSSR count). The summed E-state index contributed by atoms with van der Waals surface area (Å²) >= 11 is 1.28. The number of amides is 1. The summed E-state index contributed by atoms with van der Waals surface area (Å²) in [7, 11) is 0. The number of hydrogen-bond donors (Lipinski definition) is 1. The maximum absolute atomic E-state index is 12.3. The van der Waals surface area contributed by atoms with Gasteiger partial charge in [0.05, 0.1) is 11.8 Å². The lowest BCUT2D eigenvalue weighted by Crippen LogP contribution is -2.48. The van der Waals surface area contributed by atoms with Crippen LogP contribution in [0.3, 0.4) is 0 Å². The van der Waals surface area contributed by atoms with Gasteiger partial charge in [-0.3, -0.25) is 4.79 Å². The van der Waals surface area contributed by atoms with Crippen molar-refractivity contribution in [1.29, 1.82) is 0 Å². The molecule has 1 saturated heterocycles. The van der Waals surface area contributed by atoms with Crippen molar-refractivity contribution in [1.82, 2.24) is 25.1 Å². The first-order chi connectivity index (χ1) is 10.2. The molecule has 2 aliphatic rings. The van der Waals surface area contributed by atoms with E-state index in [0.29, 0.717) is 24.2 Å². The average Bonchev–Trinajstić information content (AvgIpc) is 3.23. The lowest BCUT2D eigenvalue weighted by atomic mass is 10.0. The van der Waals surface area contributed by atoms with Gasteiger partial charge in [0, 0.05) is 6.54 Å². The van der Waals surface area contributed by atoms with Crippen LogP contribution in [0.25, 0.3) is 0 Å². The molecule has 0 bridgehead atoms. The molecule has 1 amide bonds. The molecular weight excluding hydrogens is 294 g/mol. The van der Waals surface area contributed by atoms with Crippen LogP contribution in [0.1, 0.15) is 38.1 Å². The van der Waals surface area contributed by atoms with Gasteiger partial charge in [-0.25, -0.2) is 9.48 Å². The average molecular weight is 311 g/mol. The Morgan fingerprint density at radius 1 is 1.29 bits per heavy atom. The van der Waals surface area contributed by atoms with Crippen LogP contribution in [-0.2, 0) is 9.59 Å². The minimum Gasteiger partial charge on any atom is -0.480 e. The lowest BCUT2D eigenvalue weighted by molar-refractivity contribution is -0.150. The van der Waals surface area contributed by atoms with Gasteiger partial charge >= 0.3 is 5.97 Å². The molecule has 21 heavy (non-hydrogen) atoms. The predicted octanol–water partition coefficient (Wildman–Crippen LogP) is 0.566. The standard InChI is InChI=1S/C12H17N5O3S/c18-10(16-6-2-1-3-9(16)11(19)20)7-21-12-13-14-15-17(12)8-4-5-8/h8-9H,1-7H2,(H,19,20)/t9-/m1/s1. The molecule has 1 aromatic heterocycles. The minimum atomic E-state index is -0.920. The van der Waals surface area contributed by atoms with E-state index in [4.69, 9.17) is 0 Å². The van der Waals surface area contributed by atoms with Crippen molar-refractivity contribution in [3.63, 3.8) is 0 Å². The predicted molar refractivity (Wildman–Crippen MR) is 73.8 cm³/mol. The van der Waals surface area contributed by atoms with E-state index < -0.39 is 12.0 Å². The molecule has 1 aliphatic carbocycles. The normalized spacial score (nSPS) is 22.3. The maximum atomic E-state index is 12.3. The molecule has 0 spiro atoms. The van der Waals surface area contributed by atoms with Gasteiger partial charge < -0.3 is 10.0 Å². The summed E-state index contributed by atoms with van der Waals surface area (Å²) in [5.74, 6) is -0.898. The molecule has 1 atom stereocenters. The number of aromatic nitrogens is 4. The van der Waals surface area contributed by atoms with E-state index in [9.17, 15) is 14.7 Å². The molecule has 2 heterocycles. The van der Waals surface area contributed by atoms with E-state index in [0.717, 1.165) is 25.7 Å². The molecule has 0 aromatic carbocycles. The van der Waals surface area contributed by atoms with Crippen LogP contribution in [0.4, 0.5) is 0 Å². The highest BCUT2D eigenvalue weighted by molar-refractivity contribution is 7.99. The molecule has 114 valence electrons. The van der Waals surface area contributed by atoms with Crippen molar-refractivity contribution in [2.24, 2.45) is 0 Å². The van der Waals surface area contributed by atoms with Crippen molar-refractivity contribution in [3.8, 4) is 0 Å². The van der Waals surface area contributed by atoms with Gasteiger partial charge in [-0.1, -0.05) is 11.8 Å². The van der Waals surface area contributed by atoms with Crippen LogP contribution in [0.15, 0.2) is 5.16 Å². The summed E-state index contributed by atoms with van der Waals surface area (Å²) in [6.07, 6.45) is 4.39. The number of thioether (sulfide) groups is 1. The Morgan fingerprint density at radius 2 is 2.10 bits per heavy atom. The van der Waals surface area contributed by atoms with E-state index >= 15 is 0 Å². The zero-order valence-electron chi connectivity index (χ0n) is 11.5. The third-order valence-corrected chi connectivity index (χ3v) is 4.71. The van der Waals surface area contributed by atoms with E-state index in [1.807, 2.05) is 0 Å². The molecule has 1 aliphatic heterocycles. The highest BCUT2D eigenvalue weighted by Gasteiger charge is 2.32. The number of aliphatic carboxylic acids is 1. The van der Waals surface area contributed by atoms with E-state index in [1.165, 1.54) is 16.7 Å². The highest BCUT2D eigenvalue weighted by Crippen LogP contribution is 2.36.